The number of primary amides is 1. The van der Waals surface area contributed by atoms with Gasteiger partial charge in [0, 0.05) is 18.7 Å². The van der Waals surface area contributed by atoms with Crippen molar-refractivity contribution in [2.75, 3.05) is 0 Å². The fraction of sp³-hybridized carbons (Fsp3) is 0.190. The van der Waals surface area contributed by atoms with Crippen LogP contribution < -0.4 is 16.2 Å². The molecule has 12 heteroatoms. The molecule has 1 aliphatic rings. The summed E-state index contributed by atoms with van der Waals surface area (Å²) in [4.78, 5) is 32.2. The van der Waals surface area contributed by atoms with Crippen LogP contribution in [-0.2, 0) is 6.42 Å². The first kappa shape index (κ1) is 20.9. The first-order chi connectivity index (χ1) is 15.8. The van der Waals surface area contributed by atoms with Gasteiger partial charge in [-0.05, 0) is 37.1 Å². The number of carbonyl (C=O) groups excluding carboxylic acids is 1. The molecule has 4 aromatic rings. The molecule has 1 atom stereocenters. The Balaban J connectivity index is 1.46. The lowest BCUT2D eigenvalue weighted by molar-refractivity contribution is 0.1000. The maximum atomic E-state index is 14.8. The van der Waals surface area contributed by atoms with Gasteiger partial charge in [-0.25, -0.2) is 18.6 Å². The molecule has 0 saturated carbocycles. The Hall–Kier alpha value is -3.93. The van der Waals surface area contributed by atoms with E-state index in [1.165, 1.54) is 29.0 Å². The van der Waals surface area contributed by atoms with Gasteiger partial charge in [0.05, 0.1) is 23.6 Å². The minimum atomic E-state index is -0.730. The van der Waals surface area contributed by atoms with Crippen molar-refractivity contribution in [3.8, 4) is 16.5 Å². The third-order valence-electron chi connectivity index (χ3n) is 5.27. The average Bonchev–Trinajstić information content (AvgIpc) is 3.45. The maximum Gasteiger partial charge on any atom is 0.351 e. The van der Waals surface area contributed by atoms with Gasteiger partial charge < -0.3 is 10.5 Å². The highest BCUT2D eigenvalue weighted by molar-refractivity contribution is 7.15. The second kappa shape index (κ2) is 7.89. The van der Waals surface area contributed by atoms with Crippen molar-refractivity contribution in [2.24, 2.45) is 5.73 Å². The van der Waals surface area contributed by atoms with Crippen LogP contribution in [0, 0.1) is 18.6 Å². The Morgan fingerprint density at radius 2 is 2.09 bits per heavy atom. The molecular formula is C21H16F2N6O3S. The second-order valence-corrected chi connectivity index (χ2v) is 8.41. The van der Waals surface area contributed by atoms with E-state index in [1.807, 2.05) is 0 Å². The van der Waals surface area contributed by atoms with Gasteiger partial charge in [-0.15, -0.1) is 5.10 Å². The van der Waals surface area contributed by atoms with Gasteiger partial charge in [0.25, 0.3) is 5.91 Å². The van der Waals surface area contributed by atoms with E-state index in [4.69, 9.17) is 10.5 Å². The zero-order chi connectivity index (χ0) is 23.3. The predicted molar refractivity (Wildman–Crippen MR) is 114 cm³/mol. The van der Waals surface area contributed by atoms with E-state index >= 15 is 0 Å². The number of amides is 1. The van der Waals surface area contributed by atoms with E-state index in [2.05, 4.69) is 15.1 Å². The standard InChI is InChI=1S/C21H16F2N6O3S/c1-10-20(33-19(26-10)18(24)30)32-16-4-2-13(7-14(16)23)29-21(31)28-15(3-5-17(28)27-29)11-6-12(22)9-25-8-11/h2,4,6-9,15H,3,5H2,1H3,(H2,24,30)/t15-/m0/s1. The molecule has 2 N–H and O–H groups in total. The fourth-order valence-corrected chi connectivity index (χ4v) is 4.56. The summed E-state index contributed by atoms with van der Waals surface area (Å²) in [6, 6.07) is 4.92. The summed E-state index contributed by atoms with van der Waals surface area (Å²) < 4.78 is 36.6. The lowest BCUT2D eigenvalue weighted by Crippen LogP contribution is -2.26. The first-order valence-electron chi connectivity index (χ1n) is 9.87. The summed E-state index contributed by atoms with van der Waals surface area (Å²) in [7, 11) is 0. The number of rotatable bonds is 5. The molecule has 0 bridgehead atoms. The van der Waals surface area contributed by atoms with Crippen LogP contribution in [0.15, 0.2) is 41.5 Å². The van der Waals surface area contributed by atoms with Crippen molar-refractivity contribution < 1.29 is 18.3 Å². The van der Waals surface area contributed by atoms with Crippen molar-refractivity contribution >= 4 is 17.2 Å². The summed E-state index contributed by atoms with van der Waals surface area (Å²) in [5, 5.41) is 4.63. The second-order valence-electron chi connectivity index (χ2n) is 7.44. The highest BCUT2D eigenvalue weighted by Crippen LogP contribution is 2.34. The lowest BCUT2D eigenvalue weighted by atomic mass is 10.1. The zero-order valence-corrected chi connectivity index (χ0v) is 18.0. The molecule has 0 aliphatic carbocycles. The normalized spacial score (nSPS) is 14.9. The Morgan fingerprint density at radius 3 is 2.79 bits per heavy atom. The van der Waals surface area contributed by atoms with E-state index in [-0.39, 0.29) is 21.5 Å². The van der Waals surface area contributed by atoms with E-state index in [1.54, 1.807) is 6.92 Å². The topological polar surface area (TPSA) is 118 Å². The van der Waals surface area contributed by atoms with Gasteiger partial charge in [0.15, 0.2) is 16.6 Å². The number of ether oxygens (including phenoxy) is 1. The monoisotopic (exact) mass is 470 g/mol. The van der Waals surface area contributed by atoms with Crippen LogP contribution in [0.1, 0.15) is 39.3 Å². The number of benzene rings is 1. The number of aryl methyl sites for hydroxylation is 2. The fourth-order valence-electron chi connectivity index (χ4n) is 3.78. The third-order valence-corrected chi connectivity index (χ3v) is 6.32. The molecule has 1 aromatic carbocycles. The van der Waals surface area contributed by atoms with Crippen molar-refractivity contribution in [2.45, 2.75) is 25.8 Å². The van der Waals surface area contributed by atoms with E-state index in [9.17, 15) is 18.4 Å². The van der Waals surface area contributed by atoms with Gasteiger partial charge in [0.2, 0.25) is 5.06 Å². The first-order valence-corrected chi connectivity index (χ1v) is 10.7. The van der Waals surface area contributed by atoms with Crippen molar-refractivity contribution in [3.63, 3.8) is 0 Å². The Morgan fingerprint density at radius 1 is 1.27 bits per heavy atom. The van der Waals surface area contributed by atoms with Gasteiger partial charge in [0.1, 0.15) is 11.6 Å². The molecule has 1 aliphatic heterocycles. The van der Waals surface area contributed by atoms with Crippen LogP contribution >= 0.6 is 11.3 Å². The molecule has 0 unspecified atom stereocenters. The molecular weight excluding hydrogens is 454 g/mol. The molecule has 9 nitrogen and oxygen atoms in total. The Bertz CT molecular complexity index is 1460. The van der Waals surface area contributed by atoms with Crippen LogP contribution in [0.4, 0.5) is 8.78 Å². The number of fused-ring (bicyclic) bond motifs is 1. The van der Waals surface area contributed by atoms with Crippen LogP contribution in [0.2, 0.25) is 0 Å². The molecule has 4 heterocycles. The zero-order valence-electron chi connectivity index (χ0n) is 17.2. The van der Waals surface area contributed by atoms with Gasteiger partial charge in [-0.2, -0.15) is 4.68 Å². The van der Waals surface area contributed by atoms with E-state index in [0.29, 0.717) is 29.9 Å². The van der Waals surface area contributed by atoms with E-state index < -0.39 is 29.3 Å². The summed E-state index contributed by atoms with van der Waals surface area (Å²) in [5.74, 6) is -1.50. The maximum absolute atomic E-state index is 14.8. The molecule has 0 fully saturated rings. The Kier molecular flexibility index (Phi) is 5.01. The van der Waals surface area contributed by atoms with Crippen molar-refractivity contribution in [1.29, 1.82) is 0 Å². The van der Waals surface area contributed by atoms with E-state index in [0.717, 1.165) is 28.3 Å². The number of halogens is 2. The van der Waals surface area contributed by atoms with Gasteiger partial charge in [-0.3, -0.25) is 14.3 Å². The molecule has 5 rings (SSSR count). The molecule has 0 saturated heterocycles. The number of nitrogens with two attached hydrogens (primary N) is 1. The molecule has 3 aromatic heterocycles. The summed E-state index contributed by atoms with van der Waals surface area (Å²) in [6.45, 7) is 1.61. The van der Waals surface area contributed by atoms with Crippen molar-refractivity contribution in [1.82, 2.24) is 24.3 Å². The largest absolute Gasteiger partial charge is 0.442 e. The number of pyridine rings is 1. The molecule has 33 heavy (non-hydrogen) atoms. The van der Waals surface area contributed by atoms with Crippen LogP contribution in [0.25, 0.3) is 5.69 Å². The van der Waals surface area contributed by atoms with Crippen molar-refractivity contribution in [3.05, 3.63) is 80.9 Å². The summed E-state index contributed by atoms with van der Waals surface area (Å²) in [6.07, 6.45) is 3.72. The smallest absolute Gasteiger partial charge is 0.351 e. The number of thiazole rings is 1. The minimum Gasteiger partial charge on any atom is -0.442 e. The molecule has 168 valence electrons. The number of aromatic nitrogens is 5. The predicted octanol–water partition coefficient (Wildman–Crippen LogP) is 2.90. The molecule has 0 radical (unpaired) electrons. The summed E-state index contributed by atoms with van der Waals surface area (Å²) in [5.41, 5.74) is 5.93. The number of nitrogens with zero attached hydrogens (tertiary/aromatic N) is 5. The van der Waals surface area contributed by atoms with Crippen LogP contribution in [0.3, 0.4) is 0 Å². The van der Waals surface area contributed by atoms with Gasteiger partial charge >= 0.3 is 5.69 Å². The number of carbonyl (C=O) groups is 1. The SMILES string of the molecule is Cc1nc(C(N)=O)sc1Oc1ccc(-n2nc3n(c2=O)[C@H](c2cncc(F)c2)CC3)cc1F. The molecule has 0 spiro atoms. The Labute approximate surface area is 189 Å². The van der Waals surface area contributed by atoms with Crippen LogP contribution in [0.5, 0.6) is 10.8 Å². The molecule has 1 amide bonds. The lowest BCUT2D eigenvalue weighted by Gasteiger charge is -2.12. The average molecular weight is 470 g/mol. The number of hydrogen-bond donors (Lipinski definition) is 1. The third kappa shape index (κ3) is 3.67. The quantitative estimate of drug-likeness (QED) is 0.479. The number of hydrogen-bond acceptors (Lipinski definition) is 7. The highest BCUT2D eigenvalue weighted by atomic mass is 32.1. The van der Waals surface area contributed by atoms with Crippen LogP contribution in [-0.4, -0.2) is 30.2 Å². The minimum absolute atomic E-state index is 0.0571. The summed E-state index contributed by atoms with van der Waals surface area (Å²) >= 11 is 0.912. The highest BCUT2D eigenvalue weighted by Gasteiger charge is 2.30. The van der Waals surface area contributed by atoms with Gasteiger partial charge in [-0.1, -0.05) is 11.3 Å².